The molecule has 7 heteroatoms. The van der Waals surface area contributed by atoms with Crippen molar-refractivity contribution in [2.75, 3.05) is 25.5 Å². The molecule has 2 N–H and O–H groups in total. The van der Waals surface area contributed by atoms with E-state index in [1.807, 2.05) is 18.2 Å². The molecular weight excluding hydrogens is 318 g/mol. The van der Waals surface area contributed by atoms with Crippen LogP contribution < -0.4 is 10.1 Å². The molecule has 25 heavy (non-hydrogen) atoms. The van der Waals surface area contributed by atoms with Crippen molar-refractivity contribution in [2.24, 2.45) is 0 Å². The molecule has 3 heterocycles. The summed E-state index contributed by atoms with van der Waals surface area (Å²) in [6.45, 7) is 1.94. The van der Waals surface area contributed by atoms with E-state index in [1.165, 1.54) is 0 Å². The second-order valence-corrected chi connectivity index (χ2v) is 6.30. The van der Waals surface area contributed by atoms with Gasteiger partial charge in [-0.15, -0.1) is 0 Å². The minimum absolute atomic E-state index is 0.166. The monoisotopic (exact) mass is 337 g/mol. The van der Waals surface area contributed by atoms with Gasteiger partial charge in [0, 0.05) is 36.4 Å². The van der Waals surface area contributed by atoms with Gasteiger partial charge in [0.15, 0.2) is 0 Å². The summed E-state index contributed by atoms with van der Waals surface area (Å²) in [5.41, 5.74) is 2.13. The van der Waals surface area contributed by atoms with Gasteiger partial charge in [0.1, 0.15) is 6.10 Å². The van der Waals surface area contributed by atoms with Crippen LogP contribution in [0.15, 0.2) is 42.7 Å². The lowest BCUT2D eigenvalue weighted by molar-refractivity contribution is 0.102. The summed E-state index contributed by atoms with van der Waals surface area (Å²) < 4.78 is 5.84. The maximum absolute atomic E-state index is 12.4. The first kappa shape index (κ1) is 15.6. The molecule has 0 unspecified atom stereocenters. The Hall–Kier alpha value is -2.93. The minimum atomic E-state index is -0.206. The van der Waals surface area contributed by atoms with Crippen molar-refractivity contribution in [1.82, 2.24) is 20.1 Å². The summed E-state index contributed by atoms with van der Waals surface area (Å²) >= 11 is 0. The van der Waals surface area contributed by atoms with Crippen LogP contribution in [0.25, 0.3) is 10.9 Å². The van der Waals surface area contributed by atoms with Gasteiger partial charge in [0.2, 0.25) is 5.88 Å². The highest BCUT2D eigenvalue weighted by Crippen LogP contribution is 2.19. The Labute approximate surface area is 145 Å². The molecule has 1 aromatic carbocycles. The summed E-state index contributed by atoms with van der Waals surface area (Å²) in [6.07, 6.45) is 4.43. The number of H-pyrrole nitrogens is 1. The van der Waals surface area contributed by atoms with Crippen molar-refractivity contribution in [2.45, 2.75) is 12.5 Å². The molecule has 128 valence electrons. The van der Waals surface area contributed by atoms with E-state index >= 15 is 0 Å². The second-order valence-electron chi connectivity index (χ2n) is 6.30. The average molecular weight is 337 g/mol. The maximum Gasteiger partial charge on any atom is 0.257 e. The molecule has 1 amide bonds. The zero-order valence-corrected chi connectivity index (χ0v) is 13.9. The van der Waals surface area contributed by atoms with Gasteiger partial charge in [-0.1, -0.05) is 0 Å². The van der Waals surface area contributed by atoms with Gasteiger partial charge in [0.25, 0.3) is 5.91 Å². The lowest BCUT2D eigenvalue weighted by atomic mass is 10.2. The Morgan fingerprint density at radius 3 is 3.00 bits per heavy atom. The number of hydrogen-bond donors (Lipinski definition) is 2. The van der Waals surface area contributed by atoms with Crippen molar-refractivity contribution >= 4 is 22.5 Å². The number of aromatic nitrogens is 3. The van der Waals surface area contributed by atoms with Crippen molar-refractivity contribution in [1.29, 1.82) is 0 Å². The van der Waals surface area contributed by atoms with Gasteiger partial charge in [-0.2, -0.15) is 5.10 Å². The lowest BCUT2D eigenvalue weighted by Gasteiger charge is -2.13. The predicted octanol–water partition coefficient (Wildman–Crippen LogP) is 2.29. The van der Waals surface area contributed by atoms with E-state index in [9.17, 15) is 4.79 Å². The molecule has 7 nitrogen and oxygen atoms in total. The average Bonchev–Trinajstić information content (AvgIpc) is 3.24. The summed E-state index contributed by atoms with van der Waals surface area (Å²) in [5.74, 6) is 0.346. The number of carbonyl (C=O) groups excluding carboxylic acids is 1. The smallest absolute Gasteiger partial charge is 0.257 e. The third kappa shape index (κ3) is 3.46. The van der Waals surface area contributed by atoms with Gasteiger partial charge in [-0.3, -0.25) is 9.89 Å². The van der Waals surface area contributed by atoms with Crippen LogP contribution in [0.5, 0.6) is 5.88 Å². The lowest BCUT2D eigenvalue weighted by Crippen LogP contribution is -2.21. The van der Waals surface area contributed by atoms with Gasteiger partial charge < -0.3 is 15.0 Å². The first-order valence-electron chi connectivity index (χ1n) is 8.23. The molecule has 0 bridgehead atoms. The number of nitrogens with zero attached hydrogens (tertiary/aromatic N) is 3. The number of aromatic amines is 1. The van der Waals surface area contributed by atoms with Gasteiger partial charge >= 0.3 is 0 Å². The van der Waals surface area contributed by atoms with Crippen molar-refractivity contribution in [3.8, 4) is 5.88 Å². The Morgan fingerprint density at radius 2 is 2.24 bits per heavy atom. The van der Waals surface area contributed by atoms with E-state index < -0.39 is 0 Å². The highest BCUT2D eigenvalue weighted by Gasteiger charge is 2.21. The number of ether oxygens (including phenoxy) is 1. The van der Waals surface area contributed by atoms with E-state index in [4.69, 9.17) is 4.74 Å². The van der Waals surface area contributed by atoms with Gasteiger partial charge in [-0.25, -0.2) is 4.98 Å². The minimum Gasteiger partial charge on any atom is -0.473 e. The number of carbonyl (C=O) groups is 1. The number of likely N-dealkylation sites (tertiary alicyclic amines) is 1. The van der Waals surface area contributed by atoms with Crippen molar-refractivity contribution in [3.05, 3.63) is 48.3 Å². The highest BCUT2D eigenvalue weighted by atomic mass is 16.5. The molecule has 4 rings (SSSR count). The number of rotatable bonds is 4. The van der Waals surface area contributed by atoms with E-state index in [0.29, 0.717) is 17.1 Å². The highest BCUT2D eigenvalue weighted by molar-refractivity contribution is 6.04. The number of benzene rings is 1. The fourth-order valence-corrected chi connectivity index (χ4v) is 2.97. The molecular formula is C18H19N5O2. The van der Waals surface area contributed by atoms with Crippen LogP contribution in [-0.4, -0.2) is 52.2 Å². The molecule has 1 aliphatic rings. The first-order valence-corrected chi connectivity index (χ1v) is 8.23. The molecule has 0 radical (unpaired) electrons. The number of likely N-dealkylation sites (N-methyl/N-ethyl adjacent to an activating group) is 1. The number of anilines is 1. The largest absolute Gasteiger partial charge is 0.473 e. The van der Waals surface area contributed by atoms with Crippen LogP contribution in [0.1, 0.15) is 16.8 Å². The summed E-state index contributed by atoms with van der Waals surface area (Å²) in [7, 11) is 2.07. The molecule has 1 saturated heterocycles. The van der Waals surface area contributed by atoms with Crippen molar-refractivity contribution in [3.63, 3.8) is 0 Å². The second kappa shape index (κ2) is 6.52. The van der Waals surface area contributed by atoms with Crippen LogP contribution in [0.2, 0.25) is 0 Å². The number of fused-ring (bicyclic) bond motifs is 1. The van der Waals surface area contributed by atoms with E-state index in [2.05, 4.69) is 32.4 Å². The molecule has 1 atom stereocenters. The normalized spacial score (nSPS) is 17.7. The molecule has 0 saturated carbocycles. The zero-order chi connectivity index (χ0) is 17.2. The predicted molar refractivity (Wildman–Crippen MR) is 94.8 cm³/mol. The Morgan fingerprint density at radius 1 is 1.32 bits per heavy atom. The van der Waals surface area contributed by atoms with Crippen molar-refractivity contribution < 1.29 is 9.53 Å². The Kier molecular flexibility index (Phi) is 4.07. The standard InChI is InChI=1S/C18H19N5O2/c1-23-7-6-15(11-23)25-17-5-2-12(9-19-17)18(24)21-14-3-4-16-13(8-14)10-20-22-16/h2-5,8-10,15H,6-7,11H2,1H3,(H,20,22)(H,21,24)/t15-/m1/s1. The third-order valence-electron chi connectivity index (χ3n) is 4.33. The first-order chi connectivity index (χ1) is 12.2. The number of amides is 1. The third-order valence-corrected chi connectivity index (χ3v) is 4.33. The molecule has 3 aromatic rings. The van der Waals surface area contributed by atoms with Crippen LogP contribution in [-0.2, 0) is 0 Å². The number of nitrogens with one attached hydrogen (secondary N) is 2. The van der Waals surface area contributed by atoms with E-state index in [-0.39, 0.29) is 12.0 Å². The summed E-state index contributed by atoms with van der Waals surface area (Å²) in [6, 6.07) is 9.06. The fraction of sp³-hybridized carbons (Fsp3) is 0.278. The molecule has 2 aromatic heterocycles. The van der Waals surface area contributed by atoms with Gasteiger partial charge in [-0.05, 0) is 37.7 Å². The van der Waals surface area contributed by atoms with Crippen LogP contribution in [0.3, 0.4) is 0 Å². The maximum atomic E-state index is 12.4. The number of hydrogen-bond acceptors (Lipinski definition) is 5. The Bertz CT molecular complexity index is 890. The fourth-order valence-electron chi connectivity index (χ4n) is 2.97. The quantitative estimate of drug-likeness (QED) is 0.763. The van der Waals surface area contributed by atoms with Crippen LogP contribution in [0, 0.1) is 0 Å². The SMILES string of the molecule is CN1CC[C@@H](Oc2ccc(C(=O)Nc3ccc4[nH]ncc4c3)cn2)C1. The Balaban J connectivity index is 1.41. The van der Waals surface area contributed by atoms with E-state index in [1.54, 1.807) is 24.5 Å². The van der Waals surface area contributed by atoms with Crippen LogP contribution >= 0.6 is 0 Å². The summed E-state index contributed by atoms with van der Waals surface area (Å²) in [5, 5.41) is 10.7. The molecule has 1 fully saturated rings. The molecule has 0 aliphatic carbocycles. The summed E-state index contributed by atoms with van der Waals surface area (Å²) in [4.78, 5) is 18.8. The van der Waals surface area contributed by atoms with Gasteiger partial charge in [0.05, 0.1) is 17.3 Å². The zero-order valence-electron chi connectivity index (χ0n) is 13.9. The number of pyridine rings is 1. The topological polar surface area (TPSA) is 83.1 Å². The van der Waals surface area contributed by atoms with Crippen LogP contribution in [0.4, 0.5) is 5.69 Å². The molecule has 0 spiro atoms. The molecule has 1 aliphatic heterocycles. The van der Waals surface area contributed by atoms with E-state index in [0.717, 1.165) is 30.4 Å².